The summed E-state index contributed by atoms with van der Waals surface area (Å²) in [6.07, 6.45) is 4.87. The summed E-state index contributed by atoms with van der Waals surface area (Å²) in [6, 6.07) is 9.65. The van der Waals surface area contributed by atoms with Gasteiger partial charge in [-0.15, -0.1) is 0 Å². The van der Waals surface area contributed by atoms with Gasteiger partial charge < -0.3 is 19.5 Å². The Morgan fingerprint density at radius 2 is 1.89 bits per heavy atom. The number of H-pyrrole nitrogens is 1. The van der Waals surface area contributed by atoms with E-state index in [0.717, 1.165) is 35.1 Å². The van der Waals surface area contributed by atoms with E-state index in [2.05, 4.69) is 26.0 Å². The van der Waals surface area contributed by atoms with Crippen molar-refractivity contribution in [3.8, 4) is 6.07 Å². The molecule has 0 radical (unpaired) electrons. The minimum absolute atomic E-state index is 0.0247. The van der Waals surface area contributed by atoms with Gasteiger partial charge in [-0.1, -0.05) is 0 Å². The SMILES string of the molecule is Cc1cc2[nH]c(=O)c3cnn(C4CCOCC4)c3c2cc1C(=O)N1CCN(c2ccc(C#N)cn2)CC1. The lowest BCUT2D eigenvalue weighted by atomic mass is 10.0. The van der Waals surface area contributed by atoms with Gasteiger partial charge >= 0.3 is 0 Å². The number of anilines is 1. The quantitative estimate of drug-likeness (QED) is 0.462. The molecule has 3 aromatic heterocycles. The molecule has 2 saturated heterocycles. The minimum atomic E-state index is -0.174. The predicted molar refractivity (Wildman–Crippen MR) is 139 cm³/mol. The number of nitrogens with one attached hydrogen (secondary N) is 1. The van der Waals surface area contributed by atoms with E-state index in [1.165, 1.54) is 0 Å². The highest BCUT2D eigenvalue weighted by Gasteiger charge is 2.26. The molecule has 4 aromatic rings. The van der Waals surface area contributed by atoms with Crippen LogP contribution in [0.1, 0.15) is 40.4 Å². The van der Waals surface area contributed by atoms with Gasteiger partial charge in [0, 0.05) is 56.5 Å². The summed E-state index contributed by atoms with van der Waals surface area (Å²) in [7, 11) is 0. The monoisotopic (exact) mass is 497 g/mol. The van der Waals surface area contributed by atoms with Gasteiger partial charge in [0.15, 0.2) is 0 Å². The van der Waals surface area contributed by atoms with Crippen LogP contribution in [0.2, 0.25) is 0 Å². The Labute approximate surface area is 213 Å². The first-order chi connectivity index (χ1) is 18.0. The fourth-order valence-electron chi connectivity index (χ4n) is 5.38. The number of carbonyl (C=O) groups is 1. The average Bonchev–Trinajstić information content (AvgIpc) is 3.39. The molecule has 1 N–H and O–H groups in total. The molecule has 0 aliphatic carbocycles. The fraction of sp³-hybridized carbons (Fsp3) is 0.370. The number of piperazine rings is 1. The van der Waals surface area contributed by atoms with Crippen molar-refractivity contribution in [3.63, 3.8) is 0 Å². The first kappa shape index (κ1) is 23.2. The van der Waals surface area contributed by atoms with Gasteiger partial charge in [-0.2, -0.15) is 10.4 Å². The average molecular weight is 498 g/mol. The first-order valence-corrected chi connectivity index (χ1v) is 12.6. The summed E-state index contributed by atoms with van der Waals surface area (Å²) in [5.74, 6) is 0.782. The molecule has 0 atom stereocenters. The van der Waals surface area contributed by atoms with Crippen LogP contribution in [0.15, 0.2) is 41.5 Å². The van der Waals surface area contributed by atoms with E-state index in [1.54, 1.807) is 18.5 Å². The number of carbonyl (C=O) groups excluding carboxylic acids is 1. The van der Waals surface area contributed by atoms with Crippen molar-refractivity contribution in [2.75, 3.05) is 44.3 Å². The fourth-order valence-corrected chi connectivity index (χ4v) is 5.38. The second-order valence-electron chi connectivity index (χ2n) is 9.66. The van der Waals surface area contributed by atoms with Crippen LogP contribution < -0.4 is 10.5 Å². The molecule has 0 saturated carbocycles. The lowest BCUT2D eigenvalue weighted by Crippen LogP contribution is -2.49. The van der Waals surface area contributed by atoms with E-state index in [-0.39, 0.29) is 17.5 Å². The van der Waals surface area contributed by atoms with E-state index in [1.807, 2.05) is 34.7 Å². The van der Waals surface area contributed by atoms with Crippen LogP contribution in [0.25, 0.3) is 21.8 Å². The molecule has 188 valence electrons. The van der Waals surface area contributed by atoms with E-state index in [0.29, 0.717) is 61.4 Å². The number of benzene rings is 1. The first-order valence-electron chi connectivity index (χ1n) is 12.6. The number of nitrogens with zero attached hydrogens (tertiary/aromatic N) is 6. The molecule has 2 fully saturated rings. The van der Waals surface area contributed by atoms with Crippen LogP contribution >= 0.6 is 0 Å². The molecule has 1 amide bonds. The van der Waals surface area contributed by atoms with Gasteiger partial charge in [0.2, 0.25) is 0 Å². The summed E-state index contributed by atoms with van der Waals surface area (Å²) >= 11 is 0. The van der Waals surface area contributed by atoms with E-state index in [4.69, 9.17) is 10.00 Å². The van der Waals surface area contributed by atoms with Crippen molar-refractivity contribution in [1.29, 1.82) is 5.26 Å². The molecule has 1 aromatic carbocycles. The van der Waals surface area contributed by atoms with E-state index < -0.39 is 0 Å². The molecule has 2 aliphatic heterocycles. The molecule has 5 heterocycles. The van der Waals surface area contributed by atoms with Gasteiger partial charge in [-0.3, -0.25) is 14.3 Å². The van der Waals surface area contributed by atoms with Gasteiger partial charge in [0.1, 0.15) is 11.9 Å². The molecule has 0 unspecified atom stereocenters. The summed E-state index contributed by atoms with van der Waals surface area (Å²) in [6.45, 7) is 5.69. The smallest absolute Gasteiger partial charge is 0.259 e. The van der Waals surface area contributed by atoms with Crippen LogP contribution in [0.4, 0.5) is 5.82 Å². The number of hydrogen-bond donors (Lipinski definition) is 1. The number of fused-ring (bicyclic) bond motifs is 3. The van der Waals surface area contributed by atoms with Crippen molar-refractivity contribution >= 4 is 33.5 Å². The molecule has 37 heavy (non-hydrogen) atoms. The van der Waals surface area contributed by atoms with Crippen molar-refractivity contribution in [3.05, 3.63) is 63.7 Å². The zero-order valence-corrected chi connectivity index (χ0v) is 20.6. The lowest BCUT2D eigenvalue weighted by molar-refractivity contribution is 0.0675. The van der Waals surface area contributed by atoms with Crippen LogP contribution in [0, 0.1) is 18.3 Å². The van der Waals surface area contributed by atoms with Gasteiger partial charge in [-0.25, -0.2) is 4.98 Å². The van der Waals surface area contributed by atoms with Crippen LogP contribution in [0.5, 0.6) is 0 Å². The summed E-state index contributed by atoms with van der Waals surface area (Å²) in [5.41, 5.74) is 3.28. The summed E-state index contributed by atoms with van der Waals surface area (Å²) < 4.78 is 7.47. The Bertz CT molecular complexity index is 1590. The highest BCUT2D eigenvalue weighted by molar-refractivity contribution is 6.07. The van der Waals surface area contributed by atoms with Crippen molar-refractivity contribution in [1.82, 2.24) is 24.6 Å². The number of rotatable bonds is 3. The number of hydrogen-bond acceptors (Lipinski definition) is 7. The summed E-state index contributed by atoms with van der Waals surface area (Å²) in [5, 5.41) is 14.9. The Morgan fingerprint density at radius 3 is 2.59 bits per heavy atom. The van der Waals surface area contributed by atoms with E-state index >= 15 is 0 Å². The number of amides is 1. The second kappa shape index (κ2) is 9.33. The van der Waals surface area contributed by atoms with Crippen molar-refractivity contribution < 1.29 is 9.53 Å². The minimum Gasteiger partial charge on any atom is -0.381 e. The number of pyridine rings is 2. The highest BCUT2D eigenvalue weighted by Crippen LogP contribution is 2.30. The molecule has 0 spiro atoms. The standard InChI is InChI=1S/C27H27N7O3/c1-17-12-23-21(25-22(26(35)31-23)16-30-34(25)19-4-10-37-11-5-19)13-20(17)27(36)33-8-6-32(7-9-33)24-3-2-18(14-28)15-29-24/h2-3,12-13,15-16,19H,4-11H2,1H3,(H,31,35). The van der Waals surface area contributed by atoms with Crippen LogP contribution in [-0.4, -0.2) is 69.9 Å². The van der Waals surface area contributed by atoms with Crippen molar-refractivity contribution in [2.45, 2.75) is 25.8 Å². The lowest BCUT2D eigenvalue weighted by Gasteiger charge is -2.35. The maximum atomic E-state index is 13.7. The Hall–Kier alpha value is -4.23. The molecular formula is C27H27N7O3. The number of aromatic nitrogens is 4. The number of aromatic amines is 1. The Kier molecular flexibility index (Phi) is 5.85. The highest BCUT2D eigenvalue weighted by atomic mass is 16.5. The number of nitriles is 1. The predicted octanol–water partition coefficient (Wildman–Crippen LogP) is 2.77. The molecule has 10 heteroatoms. The largest absolute Gasteiger partial charge is 0.381 e. The molecular weight excluding hydrogens is 470 g/mol. The third-order valence-electron chi connectivity index (χ3n) is 7.44. The molecule has 6 rings (SSSR count). The van der Waals surface area contributed by atoms with Gasteiger partial charge in [-0.05, 0) is 49.6 Å². The van der Waals surface area contributed by atoms with Gasteiger partial charge in [0.05, 0.1) is 34.2 Å². The maximum absolute atomic E-state index is 13.7. The van der Waals surface area contributed by atoms with Crippen LogP contribution in [-0.2, 0) is 4.74 Å². The van der Waals surface area contributed by atoms with Gasteiger partial charge in [0.25, 0.3) is 11.5 Å². The zero-order valence-electron chi connectivity index (χ0n) is 20.6. The normalized spacial score (nSPS) is 16.9. The topological polar surface area (TPSA) is 120 Å². The third kappa shape index (κ3) is 4.11. The zero-order chi connectivity index (χ0) is 25.5. The second-order valence-corrected chi connectivity index (χ2v) is 9.66. The maximum Gasteiger partial charge on any atom is 0.259 e. The number of aryl methyl sites for hydroxylation is 1. The van der Waals surface area contributed by atoms with Crippen LogP contribution in [0.3, 0.4) is 0 Å². The molecule has 10 nitrogen and oxygen atoms in total. The van der Waals surface area contributed by atoms with E-state index in [9.17, 15) is 9.59 Å². The molecule has 0 bridgehead atoms. The van der Waals surface area contributed by atoms with Crippen molar-refractivity contribution in [2.24, 2.45) is 0 Å². The Balaban J connectivity index is 1.31. The number of ether oxygens (including phenoxy) is 1. The molecule has 2 aliphatic rings. The third-order valence-corrected chi connectivity index (χ3v) is 7.44. The Morgan fingerprint density at radius 1 is 1.11 bits per heavy atom. The summed E-state index contributed by atoms with van der Waals surface area (Å²) in [4.78, 5) is 37.8.